The number of ether oxygens (including phenoxy) is 5. The number of anilines is 1. The zero-order chi connectivity index (χ0) is 33.8. The molecule has 0 aromatic heterocycles. The van der Waals surface area contributed by atoms with Crippen LogP contribution in [0, 0.1) is 0 Å². The number of hydrogen-bond donors (Lipinski definition) is 0. The quantitative estimate of drug-likeness (QED) is 0.216. The predicted molar refractivity (Wildman–Crippen MR) is 187 cm³/mol. The van der Waals surface area contributed by atoms with E-state index in [0.29, 0.717) is 76.3 Å². The molecule has 48 heavy (non-hydrogen) atoms. The maximum Gasteiger partial charge on any atom is 0.311 e. The van der Waals surface area contributed by atoms with Crippen LogP contribution in [0.2, 0.25) is 0 Å². The number of para-hydroxylation sites is 1. The first-order chi connectivity index (χ1) is 23.3. The van der Waals surface area contributed by atoms with E-state index in [2.05, 4.69) is 35.8 Å². The fraction of sp³-hybridized carbons (Fsp3) is 0.500. The lowest BCUT2D eigenvalue weighted by Gasteiger charge is -2.23. The first kappa shape index (κ1) is 35.6. The third-order valence-corrected chi connectivity index (χ3v) is 8.99. The van der Waals surface area contributed by atoms with Gasteiger partial charge in [0, 0.05) is 55.1 Å². The van der Waals surface area contributed by atoms with Crippen LogP contribution in [0.15, 0.2) is 65.4 Å². The predicted octanol–water partition coefficient (Wildman–Crippen LogP) is 5.19. The molecular formula is C38H49N3O7. The number of esters is 1. The number of benzene rings is 2. The Morgan fingerprint density at radius 2 is 1.54 bits per heavy atom. The van der Waals surface area contributed by atoms with Crippen LogP contribution >= 0.6 is 0 Å². The molecule has 5 rings (SSSR count). The zero-order valence-electron chi connectivity index (χ0n) is 28.6. The second kappa shape index (κ2) is 17.6. The fourth-order valence-electron chi connectivity index (χ4n) is 6.26. The van der Waals surface area contributed by atoms with E-state index < -0.39 is 0 Å². The number of likely N-dealkylation sites (N-methyl/N-ethyl adjacent to an activating group) is 1. The van der Waals surface area contributed by atoms with Gasteiger partial charge >= 0.3 is 5.97 Å². The lowest BCUT2D eigenvalue weighted by atomic mass is 9.84. The van der Waals surface area contributed by atoms with Crippen LogP contribution in [0.1, 0.15) is 56.2 Å². The fourth-order valence-corrected chi connectivity index (χ4v) is 6.26. The Labute approximate surface area is 284 Å². The number of ketones is 1. The molecule has 0 radical (unpaired) electrons. The van der Waals surface area contributed by atoms with Crippen LogP contribution in [0.5, 0.6) is 5.75 Å². The van der Waals surface area contributed by atoms with Gasteiger partial charge in [0.1, 0.15) is 11.5 Å². The smallest absolute Gasteiger partial charge is 0.311 e. The van der Waals surface area contributed by atoms with Crippen molar-refractivity contribution in [3.05, 3.63) is 77.1 Å². The Morgan fingerprint density at radius 1 is 0.875 bits per heavy atom. The third-order valence-electron chi connectivity index (χ3n) is 8.99. The molecule has 1 fully saturated rings. The lowest BCUT2D eigenvalue weighted by molar-refractivity contribution is -0.134. The first-order valence-electron chi connectivity index (χ1n) is 17.1. The van der Waals surface area contributed by atoms with E-state index >= 15 is 0 Å². The lowest BCUT2D eigenvalue weighted by Crippen LogP contribution is -2.32. The summed E-state index contributed by atoms with van der Waals surface area (Å²) in [5, 5.41) is 0. The summed E-state index contributed by atoms with van der Waals surface area (Å²) in [5.41, 5.74) is 4.92. The molecule has 10 nitrogen and oxygen atoms in total. The van der Waals surface area contributed by atoms with Crippen molar-refractivity contribution >= 4 is 29.2 Å². The summed E-state index contributed by atoms with van der Waals surface area (Å²) in [5.74, 6) is -0.0651. The van der Waals surface area contributed by atoms with Gasteiger partial charge in [-0.3, -0.25) is 19.5 Å². The molecule has 0 amide bonds. The van der Waals surface area contributed by atoms with Crippen molar-refractivity contribution in [2.45, 2.75) is 44.9 Å². The van der Waals surface area contributed by atoms with E-state index in [0.717, 1.165) is 55.8 Å². The van der Waals surface area contributed by atoms with Crippen molar-refractivity contribution in [3.8, 4) is 5.75 Å². The highest BCUT2D eigenvalue weighted by atomic mass is 16.6. The van der Waals surface area contributed by atoms with Gasteiger partial charge < -0.3 is 28.6 Å². The Kier molecular flexibility index (Phi) is 13.1. The topological polar surface area (TPSA) is 99.1 Å². The highest BCUT2D eigenvalue weighted by Gasteiger charge is 2.38. The normalized spacial score (nSPS) is 21.1. The zero-order valence-corrected chi connectivity index (χ0v) is 28.6. The molecule has 2 aliphatic heterocycles. The first-order valence-corrected chi connectivity index (χ1v) is 17.1. The van der Waals surface area contributed by atoms with Crippen molar-refractivity contribution < 1.29 is 33.3 Å². The number of fused-ring (bicyclic) bond motifs is 2. The molecule has 2 aromatic carbocycles. The van der Waals surface area contributed by atoms with Crippen LogP contribution in [0.25, 0.3) is 6.08 Å². The monoisotopic (exact) mass is 659 g/mol. The van der Waals surface area contributed by atoms with Crippen molar-refractivity contribution in [2.75, 3.05) is 84.4 Å². The number of unbranched alkanes of at least 4 members (excludes halogenated alkanes) is 2. The van der Waals surface area contributed by atoms with E-state index in [-0.39, 0.29) is 17.2 Å². The SMILES string of the molecule is CN1/C(=C/N=C2C(=O)C=Cc3ccc(OC(=O)CCCCCN4CCOCCOCCOCCOCC4)cc32)C(C)(C)c2ccccc21. The minimum Gasteiger partial charge on any atom is -0.427 e. The minimum atomic E-state index is -0.291. The summed E-state index contributed by atoms with van der Waals surface area (Å²) in [7, 11) is 2.02. The van der Waals surface area contributed by atoms with E-state index in [9.17, 15) is 9.59 Å². The van der Waals surface area contributed by atoms with Crippen LogP contribution in [-0.4, -0.2) is 102 Å². The average Bonchev–Trinajstić information content (AvgIpc) is 3.26. The third kappa shape index (κ3) is 9.48. The molecule has 0 bridgehead atoms. The van der Waals surface area contributed by atoms with E-state index in [4.69, 9.17) is 28.7 Å². The molecular weight excluding hydrogens is 610 g/mol. The molecule has 1 aliphatic carbocycles. The van der Waals surface area contributed by atoms with Crippen molar-refractivity contribution in [1.29, 1.82) is 0 Å². The summed E-state index contributed by atoms with van der Waals surface area (Å²) in [6, 6.07) is 13.7. The second-order valence-corrected chi connectivity index (χ2v) is 12.7. The summed E-state index contributed by atoms with van der Waals surface area (Å²) in [6.45, 7) is 11.6. The maximum atomic E-state index is 13.0. The van der Waals surface area contributed by atoms with Gasteiger partial charge in [-0.05, 0) is 54.8 Å². The molecule has 3 aliphatic rings. The van der Waals surface area contributed by atoms with Gasteiger partial charge in [0.2, 0.25) is 5.78 Å². The molecule has 0 saturated carbocycles. The highest BCUT2D eigenvalue weighted by Crippen LogP contribution is 2.46. The van der Waals surface area contributed by atoms with Crippen LogP contribution < -0.4 is 9.64 Å². The van der Waals surface area contributed by atoms with E-state index in [1.165, 1.54) is 11.6 Å². The Bertz CT molecular complexity index is 1480. The Morgan fingerprint density at radius 3 is 2.23 bits per heavy atom. The van der Waals surface area contributed by atoms with Crippen LogP contribution in [0.4, 0.5) is 5.69 Å². The molecule has 2 aromatic rings. The number of allylic oxidation sites excluding steroid dienone is 2. The molecule has 1 saturated heterocycles. The summed E-state index contributed by atoms with van der Waals surface area (Å²) >= 11 is 0. The number of carbonyl (C=O) groups is 2. The summed E-state index contributed by atoms with van der Waals surface area (Å²) in [6.07, 6.45) is 8.01. The molecule has 10 heteroatoms. The van der Waals surface area contributed by atoms with Gasteiger partial charge in [-0.2, -0.15) is 0 Å². The molecule has 0 atom stereocenters. The molecule has 258 valence electrons. The van der Waals surface area contributed by atoms with Gasteiger partial charge in [-0.25, -0.2) is 0 Å². The van der Waals surface area contributed by atoms with Crippen molar-refractivity contribution in [3.63, 3.8) is 0 Å². The van der Waals surface area contributed by atoms with Gasteiger partial charge in [0.15, 0.2) is 0 Å². The van der Waals surface area contributed by atoms with E-state index in [1.54, 1.807) is 24.4 Å². The van der Waals surface area contributed by atoms with Gasteiger partial charge in [0.05, 0.1) is 52.9 Å². The number of rotatable bonds is 8. The van der Waals surface area contributed by atoms with Crippen molar-refractivity contribution in [2.24, 2.45) is 4.99 Å². The van der Waals surface area contributed by atoms with Gasteiger partial charge in [0.25, 0.3) is 0 Å². The maximum absolute atomic E-state index is 13.0. The molecule has 0 spiro atoms. The van der Waals surface area contributed by atoms with E-state index in [1.807, 2.05) is 25.2 Å². The van der Waals surface area contributed by atoms with Crippen LogP contribution in [0.3, 0.4) is 0 Å². The van der Waals surface area contributed by atoms with Crippen LogP contribution in [-0.2, 0) is 34.0 Å². The largest absolute Gasteiger partial charge is 0.427 e. The average molecular weight is 660 g/mol. The number of nitrogens with zero attached hydrogens (tertiary/aromatic N) is 3. The number of carbonyl (C=O) groups excluding carboxylic acids is 2. The number of hydrogen-bond acceptors (Lipinski definition) is 10. The summed E-state index contributed by atoms with van der Waals surface area (Å²) in [4.78, 5) is 35.0. The Hall–Kier alpha value is -3.67. The standard InChI is InChI=1S/C38H49N3O7/c1-38(2)32-9-6-7-10-33(32)40(3)35(38)28-39-37-31-27-30(14-12-29(31)13-15-34(37)42)48-36(43)11-5-4-8-16-41-17-19-44-21-23-46-25-26-47-24-22-45-20-18-41/h6-7,9-10,12-15,27-28H,4-5,8,11,16-26H2,1-3H3/b35-28+,39-37?. The molecule has 0 unspecified atom stereocenters. The highest BCUT2D eigenvalue weighted by molar-refractivity contribution is 6.52. The van der Waals surface area contributed by atoms with Gasteiger partial charge in [-0.1, -0.05) is 50.6 Å². The van der Waals surface area contributed by atoms with Crippen molar-refractivity contribution in [1.82, 2.24) is 4.90 Å². The minimum absolute atomic E-state index is 0.182. The van der Waals surface area contributed by atoms with Gasteiger partial charge in [-0.15, -0.1) is 0 Å². The molecule has 0 N–H and O–H groups in total. The Balaban J connectivity index is 1.12. The molecule has 2 heterocycles. The number of aliphatic imine (C=N–C) groups is 1. The second-order valence-electron chi connectivity index (χ2n) is 12.7. The summed E-state index contributed by atoms with van der Waals surface area (Å²) < 4.78 is 28.2.